The second-order valence-electron chi connectivity index (χ2n) is 5.57. The topological polar surface area (TPSA) is 72.5 Å². The van der Waals surface area contributed by atoms with Crippen LogP contribution >= 0.6 is 15.9 Å². The van der Waals surface area contributed by atoms with Gasteiger partial charge in [0, 0.05) is 10.5 Å². The standard InChI is InChI=1S/C18H20BrNO4S/c1-4-24-18(21)14-9-10-17(16(19)11-14)25(22,23)20-13(3)15-8-6-5-7-12(15)2/h5-11,13,20H,4H2,1-3H3/t13-/m0/s1. The van der Waals surface area contributed by atoms with Crippen molar-refractivity contribution < 1.29 is 17.9 Å². The molecule has 7 heteroatoms. The molecule has 1 N–H and O–H groups in total. The Morgan fingerprint density at radius 2 is 1.92 bits per heavy atom. The summed E-state index contributed by atoms with van der Waals surface area (Å²) in [5.41, 5.74) is 2.21. The summed E-state index contributed by atoms with van der Waals surface area (Å²) >= 11 is 3.24. The zero-order valence-corrected chi connectivity index (χ0v) is 16.6. The fourth-order valence-corrected chi connectivity index (χ4v) is 4.79. The summed E-state index contributed by atoms with van der Waals surface area (Å²) in [7, 11) is -3.76. The van der Waals surface area contributed by atoms with Crippen molar-refractivity contribution in [2.24, 2.45) is 0 Å². The lowest BCUT2D eigenvalue weighted by Crippen LogP contribution is -2.27. The first kappa shape index (κ1) is 19.6. The summed E-state index contributed by atoms with van der Waals surface area (Å²) in [5.74, 6) is -0.492. The van der Waals surface area contributed by atoms with E-state index in [1.807, 2.05) is 31.2 Å². The molecule has 0 fully saturated rings. The largest absolute Gasteiger partial charge is 0.462 e. The third kappa shape index (κ3) is 4.68. The van der Waals surface area contributed by atoms with E-state index in [2.05, 4.69) is 20.7 Å². The number of halogens is 1. The molecule has 0 aliphatic rings. The first-order valence-electron chi connectivity index (χ1n) is 7.80. The normalized spacial score (nSPS) is 12.6. The van der Waals surface area contributed by atoms with Gasteiger partial charge in [-0.15, -0.1) is 0 Å². The molecule has 134 valence electrons. The lowest BCUT2D eigenvalue weighted by molar-refractivity contribution is 0.0526. The minimum atomic E-state index is -3.76. The van der Waals surface area contributed by atoms with Gasteiger partial charge in [-0.1, -0.05) is 24.3 Å². The number of carbonyl (C=O) groups excluding carboxylic acids is 1. The highest BCUT2D eigenvalue weighted by Gasteiger charge is 2.22. The smallest absolute Gasteiger partial charge is 0.338 e. The monoisotopic (exact) mass is 425 g/mol. The summed E-state index contributed by atoms with van der Waals surface area (Å²) in [6.07, 6.45) is 0. The van der Waals surface area contributed by atoms with Crippen LogP contribution in [0.4, 0.5) is 0 Å². The first-order chi connectivity index (χ1) is 11.8. The number of carbonyl (C=O) groups is 1. The van der Waals surface area contributed by atoms with Crippen LogP contribution in [0.1, 0.15) is 41.4 Å². The maximum Gasteiger partial charge on any atom is 0.338 e. The lowest BCUT2D eigenvalue weighted by Gasteiger charge is -2.17. The van der Waals surface area contributed by atoms with Gasteiger partial charge >= 0.3 is 5.97 Å². The van der Waals surface area contributed by atoms with Gasteiger partial charge in [-0.25, -0.2) is 17.9 Å². The molecule has 0 radical (unpaired) electrons. The molecule has 0 heterocycles. The van der Waals surface area contributed by atoms with Crippen LogP contribution in [0.3, 0.4) is 0 Å². The van der Waals surface area contributed by atoms with E-state index in [0.29, 0.717) is 10.0 Å². The van der Waals surface area contributed by atoms with E-state index in [4.69, 9.17) is 4.74 Å². The number of nitrogens with one attached hydrogen (secondary N) is 1. The Labute approximate surface area is 156 Å². The maximum atomic E-state index is 12.7. The third-order valence-corrected chi connectivity index (χ3v) is 6.24. The Hall–Kier alpha value is -1.70. The zero-order valence-electron chi connectivity index (χ0n) is 14.2. The number of ether oxygens (including phenoxy) is 1. The number of benzene rings is 2. The highest BCUT2D eigenvalue weighted by Crippen LogP contribution is 2.26. The van der Waals surface area contributed by atoms with Crippen molar-refractivity contribution in [1.82, 2.24) is 4.72 Å². The molecule has 25 heavy (non-hydrogen) atoms. The van der Waals surface area contributed by atoms with Gasteiger partial charge in [-0.2, -0.15) is 0 Å². The summed E-state index contributed by atoms with van der Waals surface area (Å²) < 4.78 is 33.3. The van der Waals surface area contributed by atoms with Gasteiger partial charge in [-0.05, 0) is 66.0 Å². The second-order valence-corrected chi connectivity index (χ2v) is 8.10. The van der Waals surface area contributed by atoms with Crippen molar-refractivity contribution in [2.75, 3.05) is 6.61 Å². The fraction of sp³-hybridized carbons (Fsp3) is 0.278. The summed E-state index contributed by atoms with van der Waals surface area (Å²) in [6, 6.07) is 11.5. The Balaban J connectivity index is 2.28. The Kier molecular flexibility index (Phi) is 6.37. The van der Waals surface area contributed by atoms with E-state index in [9.17, 15) is 13.2 Å². The predicted molar refractivity (Wildman–Crippen MR) is 100 cm³/mol. The van der Waals surface area contributed by atoms with E-state index >= 15 is 0 Å². The van der Waals surface area contributed by atoms with Crippen LogP contribution in [0, 0.1) is 6.92 Å². The molecule has 0 unspecified atom stereocenters. The molecule has 0 saturated carbocycles. The third-order valence-electron chi connectivity index (χ3n) is 3.72. The van der Waals surface area contributed by atoms with Gasteiger partial charge in [0.25, 0.3) is 0 Å². The van der Waals surface area contributed by atoms with E-state index in [-0.39, 0.29) is 17.5 Å². The van der Waals surface area contributed by atoms with Crippen LogP contribution in [-0.4, -0.2) is 21.0 Å². The van der Waals surface area contributed by atoms with E-state index in [1.165, 1.54) is 18.2 Å². The lowest BCUT2D eigenvalue weighted by atomic mass is 10.0. The Morgan fingerprint density at radius 3 is 2.52 bits per heavy atom. The van der Waals surface area contributed by atoms with Gasteiger partial charge < -0.3 is 4.74 Å². The minimum Gasteiger partial charge on any atom is -0.462 e. The van der Waals surface area contributed by atoms with Crippen molar-refractivity contribution in [3.8, 4) is 0 Å². The fourth-order valence-electron chi connectivity index (χ4n) is 2.49. The first-order valence-corrected chi connectivity index (χ1v) is 10.1. The molecule has 0 bridgehead atoms. The van der Waals surface area contributed by atoms with E-state index in [1.54, 1.807) is 13.8 Å². The molecular formula is C18H20BrNO4S. The molecule has 0 amide bonds. The van der Waals surface area contributed by atoms with Crippen molar-refractivity contribution in [3.05, 3.63) is 63.6 Å². The highest BCUT2D eigenvalue weighted by molar-refractivity contribution is 9.10. The number of hydrogen-bond acceptors (Lipinski definition) is 4. The Bertz CT molecular complexity index is 880. The Morgan fingerprint density at radius 1 is 1.24 bits per heavy atom. The molecule has 0 aliphatic carbocycles. The van der Waals surface area contributed by atoms with Gasteiger partial charge in [0.2, 0.25) is 10.0 Å². The number of rotatable bonds is 6. The quantitative estimate of drug-likeness (QED) is 0.710. The van der Waals surface area contributed by atoms with Crippen LogP contribution in [0.25, 0.3) is 0 Å². The molecule has 0 aliphatic heterocycles. The molecule has 5 nitrogen and oxygen atoms in total. The van der Waals surface area contributed by atoms with Gasteiger partial charge in [-0.3, -0.25) is 0 Å². The predicted octanol–water partition coefficient (Wildman–Crippen LogP) is 3.97. The maximum absolute atomic E-state index is 12.7. The highest BCUT2D eigenvalue weighted by atomic mass is 79.9. The molecule has 0 aromatic heterocycles. The van der Waals surface area contributed by atoms with Crippen LogP contribution < -0.4 is 4.72 Å². The molecule has 1 atom stereocenters. The molecule has 2 aromatic rings. The van der Waals surface area contributed by atoms with Crippen molar-refractivity contribution >= 4 is 31.9 Å². The summed E-state index contributed by atoms with van der Waals surface area (Å²) in [6.45, 7) is 5.69. The number of sulfonamides is 1. The van der Waals surface area contributed by atoms with Crippen molar-refractivity contribution in [3.63, 3.8) is 0 Å². The number of aryl methyl sites for hydroxylation is 1. The van der Waals surface area contributed by atoms with Crippen LogP contribution in [0.15, 0.2) is 51.8 Å². The van der Waals surface area contributed by atoms with Crippen molar-refractivity contribution in [2.45, 2.75) is 31.7 Å². The van der Waals surface area contributed by atoms with Crippen LogP contribution in [0.5, 0.6) is 0 Å². The molecule has 0 saturated heterocycles. The number of esters is 1. The van der Waals surface area contributed by atoms with Gasteiger partial charge in [0.15, 0.2) is 0 Å². The molecule has 0 spiro atoms. The molecule has 2 rings (SSSR count). The van der Waals surface area contributed by atoms with Gasteiger partial charge in [0.05, 0.1) is 17.1 Å². The molecule has 2 aromatic carbocycles. The van der Waals surface area contributed by atoms with Crippen LogP contribution in [0.2, 0.25) is 0 Å². The van der Waals surface area contributed by atoms with E-state index in [0.717, 1.165) is 11.1 Å². The van der Waals surface area contributed by atoms with Gasteiger partial charge in [0.1, 0.15) is 0 Å². The van der Waals surface area contributed by atoms with E-state index < -0.39 is 16.0 Å². The SMILES string of the molecule is CCOC(=O)c1ccc(S(=O)(=O)N[C@@H](C)c2ccccc2C)c(Br)c1. The summed E-state index contributed by atoms with van der Waals surface area (Å²) in [4.78, 5) is 11.8. The average molecular weight is 426 g/mol. The minimum absolute atomic E-state index is 0.0704. The number of hydrogen-bond donors (Lipinski definition) is 1. The second kappa shape index (κ2) is 8.12. The zero-order chi connectivity index (χ0) is 18.6. The van der Waals surface area contributed by atoms with Crippen LogP contribution in [-0.2, 0) is 14.8 Å². The molecular weight excluding hydrogens is 406 g/mol. The van der Waals surface area contributed by atoms with Crippen molar-refractivity contribution in [1.29, 1.82) is 0 Å². The average Bonchev–Trinajstić information content (AvgIpc) is 2.54. The summed E-state index contributed by atoms with van der Waals surface area (Å²) in [5, 5.41) is 0.